The van der Waals surface area contributed by atoms with Crippen LogP contribution in [-0.4, -0.2) is 64.5 Å². The molecule has 0 saturated carbocycles. The third kappa shape index (κ3) is 5.50. The molecule has 2 aromatic heterocycles. The number of rotatable bonds is 7. The first-order chi connectivity index (χ1) is 17.7. The van der Waals surface area contributed by atoms with E-state index in [2.05, 4.69) is 15.3 Å². The van der Waals surface area contributed by atoms with Gasteiger partial charge >= 0.3 is 0 Å². The SMILES string of the molecule is C[C@H]1CN(c2ccncc2NC(=O)c2ccc(F)c(-c3c(F)ccc(OCCO)c3F)n2)C[C@@H](N)[C@@H]1O. The average molecular weight is 518 g/mol. The lowest BCUT2D eigenvalue weighted by Crippen LogP contribution is -2.55. The lowest BCUT2D eigenvalue weighted by Gasteiger charge is -2.40. The maximum absolute atomic E-state index is 15.0. The highest BCUT2D eigenvalue weighted by Crippen LogP contribution is 2.33. The Balaban J connectivity index is 1.64. The Kier molecular flexibility index (Phi) is 7.91. The van der Waals surface area contributed by atoms with E-state index in [1.807, 2.05) is 11.8 Å². The lowest BCUT2D eigenvalue weighted by atomic mass is 9.92. The van der Waals surface area contributed by atoms with Crippen LogP contribution in [0.3, 0.4) is 0 Å². The van der Waals surface area contributed by atoms with Crippen molar-refractivity contribution in [3.63, 3.8) is 0 Å². The minimum absolute atomic E-state index is 0.122. The second-order valence-corrected chi connectivity index (χ2v) is 8.72. The summed E-state index contributed by atoms with van der Waals surface area (Å²) < 4.78 is 49.2. The highest BCUT2D eigenvalue weighted by Gasteiger charge is 2.32. The standard InChI is InChI=1S/C25H26F3N5O4/c1-13-11-33(12-16(29)24(13)35)19-6-7-30-10-18(19)32-25(36)17-4-2-15(27)23(31-17)21-14(26)3-5-20(22(21)28)37-9-8-34/h2-7,10,13,16,24,34-35H,8-9,11-12,29H2,1H3,(H,32,36)/t13-,16+,24+/m0/s1. The van der Waals surface area contributed by atoms with Crippen molar-refractivity contribution < 1.29 is 32.9 Å². The van der Waals surface area contributed by atoms with Crippen LogP contribution in [0.5, 0.6) is 5.75 Å². The van der Waals surface area contributed by atoms with Crippen LogP contribution in [0, 0.1) is 23.4 Å². The summed E-state index contributed by atoms with van der Waals surface area (Å²) >= 11 is 0. The molecule has 3 heterocycles. The number of halogens is 3. The minimum atomic E-state index is -1.22. The van der Waals surface area contributed by atoms with Gasteiger partial charge < -0.3 is 30.9 Å². The number of nitrogens with one attached hydrogen (secondary N) is 1. The number of aliphatic hydroxyl groups excluding tert-OH is 2. The van der Waals surface area contributed by atoms with Crippen LogP contribution in [-0.2, 0) is 0 Å². The Bertz CT molecular complexity index is 1280. The summed E-state index contributed by atoms with van der Waals surface area (Å²) in [6.07, 6.45) is 2.30. The van der Waals surface area contributed by atoms with E-state index in [9.17, 15) is 23.1 Å². The quantitative estimate of drug-likeness (QED) is 0.375. The Hall–Kier alpha value is -3.74. The summed E-state index contributed by atoms with van der Waals surface area (Å²) in [5.41, 5.74) is 5.16. The third-order valence-corrected chi connectivity index (χ3v) is 6.07. The van der Waals surface area contributed by atoms with Gasteiger partial charge in [-0.1, -0.05) is 6.92 Å². The Morgan fingerprint density at radius 1 is 1.19 bits per heavy atom. The molecule has 1 aliphatic heterocycles. The Morgan fingerprint density at radius 2 is 1.95 bits per heavy atom. The summed E-state index contributed by atoms with van der Waals surface area (Å²) in [5, 5.41) is 21.7. The van der Waals surface area contributed by atoms with E-state index in [0.29, 0.717) is 24.5 Å². The second-order valence-electron chi connectivity index (χ2n) is 8.72. The van der Waals surface area contributed by atoms with Crippen LogP contribution in [0.1, 0.15) is 17.4 Å². The number of pyridine rings is 2. The van der Waals surface area contributed by atoms with Crippen LogP contribution in [0.25, 0.3) is 11.3 Å². The zero-order valence-corrected chi connectivity index (χ0v) is 19.9. The molecule has 1 aliphatic rings. The summed E-state index contributed by atoms with van der Waals surface area (Å²) in [7, 11) is 0. The number of amides is 1. The van der Waals surface area contributed by atoms with Gasteiger partial charge in [-0.15, -0.1) is 0 Å². The fourth-order valence-corrected chi connectivity index (χ4v) is 4.22. The van der Waals surface area contributed by atoms with Crippen molar-refractivity contribution in [2.24, 2.45) is 11.7 Å². The first-order valence-corrected chi connectivity index (χ1v) is 11.5. The Morgan fingerprint density at radius 3 is 2.68 bits per heavy atom. The first kappa shape index (κ1) is 26.3. The van der Waals surface area contributed by atoms with Crippen molar-refractivity contribution >= 4 is 17.3 Å². The number of ether oxygens (including phenoxy) is 1. The predicted octanol–water partition coefficient (Wildman–Crippen LogP) is 2.33. The van der Waals surface area contributed by atoms with Crippen LogP contribution in [0.15, 0.2) is 42.7 Å². The van der Waals surface area contributed by atoms with E-state index in [-0.39, 0.29) is 18.2 Å². The molecule has 0 aliphatic carbocycles. The summed E-state index contributed by atoms with van der Waals surface area (Å²) in [5.74, 6) is -4.66. The van der Waals surface area contributed by atoms with Crippen LogP contribution >= 0.6 is 0 Å². The van der Waals surface area contributed by atoms with Gasteiger partial charge in [0.25, 0.3) is 5.91 Å². The maximum atomic E-state index is 15.0. The van der Waals surface area contributed by atoms with Gasteiger partial charge in [0.1, 0.15) is 29.6 Å². The molecule has 1 saturated heterocycles. The van der Waals surface area contributed by atoms with Crippen molar-refractivity contribution in [1.29, 1.82) is 0 Å². The van der Waals surface area contributed by atoms with Gasteiger partial charge in [0.05, 0.1) is 35.8 Å². The molecule has 1 amide bonds. The smallest absolute Gasteiger partial charge is 0.274 e. The molecule has 1 aromatic carbocycles. The van der Waals surface area contributed by atoms with Crippen molar-refractivity contribution in [3.8, 4) is 17.0 Å². The number of nitrogens with two attached hydrogens (primary N) is 1. The molecule has 3 aromatic rings. The number of nitrogens with zero attached hydrogens (tertiary/aromatic N) is 3. The Labute approximate surface area is 210 Å². The molecule has 0 bridgehead atoms. The van der Waals surface area contributed by atoms with Crippen LogP contribution in [0.2, 0.25) is 0 Å². The largest absolute Gasteiger partial charge is 0.488 e. The first-order valence-electron chi connectivity index (χ1n) is 11.5. The monoisotopic (exact) mass is 517 g/mol. The number of anilines is 2. The van der Waals surface area contributed by atoms with Gasteiger partial charge in [0.2, 0.25) is 0 Å². The highest BCUT2D eigenvalue weighted by atomic mass is 19.1. The van der Waals surface area contributed by atoms with E-state index in [4.69, 9.17) is 15.6 Å². The van der Waals surface area contributed by atoms with E-state index in [1.54, 1.807) is 6.07 Å². The topological polar surface area (TPSA) is 134 Å². The second kappa shape index (κ2) is 11.1. The van der Waals surface area contributed by atoms with Crippen LogP contribution in [0.4, 0.5) is 24.5 Å². The number of aromatic nitrogens is 2. The number of hydrogen-bond donors (Lipinski definition) is 4. The molecule has 0 unspecified atom stereocenters. The molecule has 9 nitrogen and oxygen atoms in total. The average Bonchev–Trinajstić information content (AvgIpc) is 2.88. The molecule has 4 rings (SSSR count). The summed E-state index contributed by atoms with van der Waals surface area (Å²) in [6.45, 7) is 2.02. The van der Waals surface area contributed by atoms with Crippen molar-refractivity contribution in [3.05, 3.63) is 65.9 Å². The number of hydrogen-bond acceptors (Lipinski definition) is 8. The van der Waals surface area contributed by atoms with Crippen molar-refractivity contribution in [2.75, 3.05) is 36.5 Å². The lowest BCUT2D eigenvalue weighted by molar-refractivity contribution is 0.0785. The molecule has 1 fully saturated rings. The molecule has 3 atom stereocenters. The third-order valence-electron chi connectivity index (χ3n) is 6.07. The highest BCUT2D eigenvalue weighted by molar-refractivity contribution is 6.04. The number of carbonyl (C=O) groups is 1. The number of piperidine rings is 1. The number of carbonyl (C=O) groups excluding carboxylic acids is 1. The molecule has 0 spiro atoms. The van der Waals surface area contributed by atoms with Crippen molar-refractivity contribution in [2.45, 2.75) is 19.1 Å². The predicted molar refractivity (Wildman–Crippen MR) is 130 cm³/mol. The van der Waals surface area contributed by atoms with Gasteiger partial charge in [-0.25, -0.2) is 18.2 Å². The number of aliphatic hydroxyl groups is 2. The fourth-order valence-electron chi connectivity index (χ4n) is 4.22. The summed E-state index contributed by atoms with van der Waals surface area (Å²) in [4.78, 5) is 22.9. The molecule has 12 heteroatoms. The zero-order chi connectivity index (χ0) is 26.7. The number of benzene rings is 1. The zero-order valence-electron chi connectivity index (χ0n) is 19.9. The maximum Gasteiger partial charge on any atom is 0.274 e. The molecule has 37 heavy (non-hydrogen) atoms. The van der Waals surface area contributed by atoms with Crippen LogP contribution < -0.4 is 20.7 Å². The molecular formula is C25H26F3N5O4. The minimum Gasteiger partial charge on any atom is -0.488 e. The van der Waals surface area contributed by atoms with Gasteiger partial charge in [-0.05, 0) is 30.3 Å². The van der Waals surface area contributed by atoms with Gasteiger partial charge in [-0.2, -0.15) is 0 Å². The molecule has 0 radical (unpaired) electrons. The van der Waals surface area contributed by atoms with E-state index < -0.39 is 59.1 Å². The molecular weight excluding hydrogens is 491 g/mol. The van der Waals surface area contributed by atoms with Gasteiger partial charge in [0, 0.05) is 31.2 Å². The van der Waals surface area contributed by atoms with E-state index >= 15 is 0 Å². The van der Waals surface area contributed by atoms with Gasteiger partial charge in [-0.3, -0.25) is 9.78 Å². The van der Waals surface area contributed by atoms with E-state index in [0.717, 1.165) is 24.3 Å². The normalized spacial score (nSPS) is 19.5. The summed E-state index contributed by atoms with van der Waals surface area (Å²) in [6, 6.07) is 5.04. The molecule has 5 N–H and O–H groups in total. The molecule has 196 valence electrons. The van der Waals surface area contributed by atoms with E-state index in [1.165, 1.54) is 12.4 Å². The fraction of sp³-hybridized carbons (Fsp3) is 0.320. The van der Waals surface area contributed by atoms with Crippen molar-refractivity contribution in [1.82, 2.24) is 9.97 Å². The van der Waals surface area contributed by atoms with Gasteiger partial charge in [0.15, 0.2) is 11.6 Å².